The molecule has 17 heavy (non-hydrogen) atoms. The van der Waals surface area contributed by atoms with Crippen molar-refractivity contribution in [2.75, 3.05) is 6.54 Å². The molecule has 4 nitrogen and oxygen atoms in total. The number of nitrogens with zero attached hydrogens (tertiary/aromatic N) is 1. The van der Waals surface area contributed by atoms with Crippen LogP contribution >= 0.6 is 0 Å². The highest BCUT2D eigenvalue weighted by Crippen LogP contribution is 2.32. The van der Waals surface area contributed by atoms with Crippen molar-refractivity contribution in [3.63, 3.8) is 0 Å². The summed E-state index contributed by atoms with van der Waals surface area (Å²) < 4.78 is 0. The van der Waals surface area contributed by atoms with Crippen LogP contribution in [0.15, 0.2) is 0 Å². The molecule has 1 saturated carbocycles. The fourth-order valence-electron chi connectivity index (χ4n) is 2.88. The van der Waals surface area contributed by atoms with E-state index in [0.717, 1.165) is 25.7 Å². The first kappa shape index (κ1) is 12.4. The monoisotopic (exact) mass is 238 g/mol. The summed E-state index contributed by atoms with van der Waals surface area (Å²) in [6.07, 6.45) is 6.06. The molecule has 0 atom stereocenters. The van der Waals surface area contributed by atoms with Gasteiger partial charge >= 0.3 is 6.03 Å². The molecule has 0 bridgehead atoms. The number of hydrogen-bond acceptors (Lipinski definition) is 2. The SMILES string of the molecule is CC(C)CN1C(=O)NC2(CCCCCC2)C1=O. The summed E-state index contributed by atoms with van der Waals surface area (Å²) in [6.45, 7) is 4.59. The van der Waals surface area contributed by atoms with Gasteiger partial charge in [-0.05, 0) is 18.8 Å². The topological polar surface area (TPSA) is 49.4 Å². The second kappa shape index (κ2) is 4.67. The molecule has 2 aliphatic rings. The number of amides is 3. The maximum Gasteiger partial charge on any atom is 0.325 e. The van der Waals surface area contributed by atoms with E-state index < -0.39 is 5.54 Å². The van der Waals surface area contributed by atoms with Gasteiger partial charge in [0.15, 0.2) is 0 Å². The lowest BCUT2D eigenvalue weighted by atomic mass is 9.90. The fraction of sp³-hybridized carbons (Fsp3) is 0.846. The molecule has 96 valence electrons. The summed E-state index contributed by atoms with van der Waals surface area (Å²) >= 11 is 0. The molecular formula is C13H22N2O2. The minimum atomic E-state index is -0.567. The molecule has 2 rings (SSSR count). The van der Waals surface area contributed by atoms with Crippen molar-refractivity contribution in [2.24, 2.45) is 5.92 Å². The van der Waals surface area contributed by atoms with E-state index in [2.05, 4.69) is 5.32 Å². The molecule has 1 saturated heterocycles. The third kappa shape index (κ3) is 2.31. The molecule has 0 unspecified atom stereocenters. The quantitative estimate of drug-likeness (QED) is 0.750. The molecule has 2 fully saturated rings. The molecule has 3 amide bonds. The Bertz CT molecular complexity index is 317. The van der Waals surface area contributed by atoms with Crippen LogP contribution in [0.1, 0.15) is 52.4 Å². The van der Waals surface area contributed by atoms with E-state index in [1.165, 1.54) is 17.7 Å². The minimum Gasteiger partial charge on any atom is -0.323 e. The van der Waals surface area contributed by atoms with Gasteiger partial charge in [-0.25, -0.2) is 4.79 Å². The summed E-state index contributed by atoms with van der Waals surface area (Å²) in [5.74, 6) is 0.337. The van der Waals surface area contributed by atoms with Gasteiger partial charge in [-0.1, -0.05) is 39.5 Å². The summed E-state index contributed by atoms with van der Waals surface area (Å²) in [6, 6.07) is -0.189. The zero-order chi connectivity index (χ0) is 12.5. The van der Waals surface area contributed by atoms with Gasteiger partial charge < -0.3 is 5.32 Å². The van der Waals surface area contributed by atoms with E-state index in [1.54, 1.807) is 0 Å². The molecule has 1 spiro atoms. The Labute approximate surface area is 103 Å². The molecule has 1 aliphatic heterocycles. The Morgan fingerprint density at radius 2 is 1.76 bits per heavy atom. The second-order valence-corrected chi connectivity index (χ2v) is 5.74. The number of carbonyl (C=O) groups is 2. The third-order valence-corrected chi connectivity index (χ3v) is 3.75. The van der Waals surface area contributed by atoms with Crippen LogP contribution in [-0.4, -0.2) is 28.9 Å². The third-order valence-electron chi connectivity index (χ3n) is 3.75. The number of imide groups is 1. The van der Waals surface area contributed by atoms with Crippen molar-refractivity contribution in [1.82, 2.24) is 10.2 Å². The van der Waals surface area contributed by atoms with Gasteiger partial charge in [-0.3, -0.25) is 9.69 Å². The largest absolute Gasteiger partial charge is 0.325 e. The van der Waals surface area contributed by atoms with Gasteiger partial charge in [0.25, 0.3) is 5.91 Å². The van der Waals surface area contributed by atoms with Crippen molar-refractivity contribution in [3.05, 3.63) is 0 Å². The average molecular weight is 238 g/mol. The van der Waals surface area contributed by atoms with E-state index in [9.17, 15) is 9.59 Å². The molecule has 4 heteroatoms. The highest BCUT2D eigenvalue weighted by atomic mass is 16.2. The normalized spacial score (nSPS) is 24.3. The van der Waals surface area contributed by atoms with Crippen LogP contribution in [0.4, 0.5) is 4.79 Å². The molecule has 0 aromatic carbocycles. The van der Waals surface area contributed by atoms with Crippen LogP contribution in [0.5, 0.6) is 0 Å². The van der Waals surface area contributed by atoms with Crippen LogP contribution in [0.2, 0.25) is 0 Å². The smallest absolute Gasteiger partial charge is 0.323 e. The number of hydrogen-bond donors (Lipinski definition) is 1. The summed E-state index contributed by atoms with van der Waals surface area (Å²) in [5, 5.41) is 2.95. The lowest BCUT2D eigenvalue weighted by molar-refractivity contribution is -0.132. The Morgan fingerprint density at radius 1 is 1.18 bits per heavy atom. The second-order valence-electron chi connectivity index (χ2n) is 5.74. The van der Waals surface area contributed by atoms with E-state index in [0.29, 0.717) is 12.5 Å². The zero-order valence-corrected chi connectivity index (χ0v) is 10.8. The standard InChI is InChI=1S/C13H22N2O2/c1-10(2)9-15-11(16)13(14-12(15)17)7-5-3-4-6-8-13/h10H,3-9H2,1-2H3,(H,14,17). The lowest BCUT2D eigenvalue weighted by Gasteiger charge is -2.25. The van der Waals surface area contributed by atoms with Gasteiger partial charge in [-0.15, -0.1) is 0 Å². The van der Waals surface area contributed by atoms with Gasteiger partial charge in [0.2, 0.25) is 0 Å². The highest BCUT2D eigenvalue weighted by Gasteiger charge is 2.50. The maximum atomic E-state index is 12.4. The van der Waals surface area contributed by atoms with E-state index in [4.69, 9.17) is 0 Å². The summed E-state index contributed by atoms with van der Waals surface area (Å²) in [5.41, 5.74) is -0.567. The minimum absolute atomic E-state index is 0.0121. The fourth-order valence-corrected chi connectivity index (χ4v) is 2.88. The van der Waals surface area contributed by atoms with Gasteiger partial charge in [0, 0.05) is 6.54 Å². The van der Waals surface area contributed by atoms with Crippen molar-refractivity contribution in [1.29, 1.82) is 0 Å². The Balaban J connectivity index is 2.15. The first-order valence-electron chi connectivity index (χ1n) is 6.69. The van der Waals surface area contributed by atoms with E-state index in [-0.39, 0.29) is 11.9 Å². The Morgan fingerprint density at radius 3 is 2.29 bits per heavy atom. The first-order chi connectivity index (χ1) is 8.05. The summed E-state index contributed by atoms with van der Waals surface area (Å²) in [4.78, 5) is 25.7. The van der Waals surface area contributed by atoms with Gasteiger partial charge in [0.1, 0.15) is 5.54 Å². The predicted molar refractivity (Wildman–Crippen MR) is 65.5 cm³/mol. The molecule has 0 aromatic heterocycles. The molecule has 1 N–H and O–H groups in total. The molecule has 1 aliphatic carbocycles. The Hall–Kier alpha value is -1.06. The van der Waals surface area contributed by atoms with Crippen LogP contribution < -0.4 is 5.32 Å². The average Bonchev–Trinajstić information content (AvgIpc) is 2.48. The first-order valence-corrected chi connectivity index (χ1v) is 6.69. The van der Waals surface area contributed by atoms with E-state index in [1.807, 2.05) is 13.8 Å². The van der Waals surface area contributed by atoms with Crippen molar-refractivity contribution < 1.29 is 9.59 Å². The van der Waals surface area contributed by atoms with Crippen LogP contribution in [0.25, 0.3) is 0 Å². The van der Waals surface area contributed by atoms with Crippen LogP contribution in [-0.2, 0) is 4.79 Å². The lowest BCUT2D eigenvalue weighted by Crippen LogP contribution is -2.46. The van der Waals surface area contributed by atoms with Crippen molar-refractivity contribution >= 4 is 11.9 Å². The van der Waals surface area contributed by atoms with Gasteiger partial charge in [-0.2, -0.15) is 0 Å². The molecule has 0 radical (unpaired) electrons. The number of urea groups is 1. The van der Waals surface area contributed by atoms with Crippen molar-refractivity contribution in [2.45, 2.75) is 57.9 Å². The zero-order valence-electron chi connectivity index (χ0n) is 10.8. The number of rotatable bonds is 2. The number of nitrogens with one attached hydrogen (secondary N) is 1. The molecular weight excluding hydrogens is 216 g/mol. The predicted octanol–water partition coefficient (Wildman–Crippen LogP) is 2.29. The van der Waals surface area contributed by atoms with E-state index >= 15 is 0 Å². The number of carbonyl (C=O) groups excluding carboxylic acids is 2. The highest BCUT2D eigenvalue weighted by molar-refractivity contribution is 6.07. The van der Waals surface area contributed by atoms with Crippen LogP contribution in [0, 0.1) is 5.92 Å². The maximum absolute atomic E-state index is 12.4. The summed E-state index contributed by atoms with van der Waals surface area (Å²) in [7, 11) is 0. The van der Waals surface area contributed by atoms with Crippen molar-refractivity contribution in [3.8, 4) is 0 Å². The Kier molecular flexibility index (Phi) is 3.40. The van der Waals surface area contributed by atoms with Crippen LogP contribution in [0.3, 0.4) is 0 Å². The molecule has 1 heterocycles. The van der Waals surface area contributed by atoms with Gasteiger partial charge in [0.05, 0.1) is 0 Å². The molecule has 0 aromatic rings.